The van der Waals surface area contributed by atoms with Crippen LogP contribution in [0.5, 0.6) is 5.75 Å². The zero-order chi connectivity index (χ0) is 11.5. The first kappa shape index (κ1) is 11.5. The van der Waals surface area contributed by atoms with Gasteiger partial charge in [-0.25, -0.2) is 0 Å². The Labute approximate surface area is 99.0 Å². The highest BCUT2D eigenvalue weighted by Gasteiger charge is 2.27. The van der Waals surface area contributed by atoms with E-state index in [0.29, 0.717) is 11.6 Å². The lowest BCUT2D eigenvalue weighted by Crippen LogP contribution is -2.41. The summed E-state index contributed by atoms with van der Waals surface area (Å²) in [6.07, 6.45) is 3.31. The van der Waals surface area contributed by atoms with E-state index in [1.54, 1.807) is 7.11 Å². The molecule has 2 rings (SSSR count). The quantitative estimate of drug-likeness (QED) is 0.831. The van der Waals surface area contributed by atoms with Gasteiger partial charge in [0.15, 0.2) is 16.6 Å². The van der Waals surface area contributed by atoms with Gasteiger partial charge in [-0.05, 0) is 30.8 Å². The molecule has 90 valence electrons. The second-order valence-corrected chi connectivity index (χ2v) is 4.68. The molecule has 2 heterocycles. The molecule has 3 N–H and O–H groups in total. The number of nitrogens with zero attached hydrogens (tertiary/aromatic N) is 2. The van der Waals surface area contributed by atoms with Crippen LogP contribution < -0.4 is 15.4 Å². The van der Waals surface area contributed by atoms with Gasteiger partial charge in [0.25, 0.3) is 0 Å². The fourth-order valence-electron chi connectivity index (χ4n) is 2.12. The lowest BCUT2D eigenvalue weighted by Gasteiger charge is -2.35. The van der Waals surface area contributed by atoms with Crippen molar-refractivity contribution in [2.45, 2.75) is 25.3 Å². The second kappa shape index (κ2) is 4.88. The van der Waals surface area contributed by atoms with Crippen molar-refractivity contribution in [1.82, 2.24) is 4.37 Å². The molecular formula is C10H17N3O2S. The molecule has 0 radical (unpaired) electrons. The van der Waals surface area contributed by atoms with Crippen LogP contribution in [-0.4, -0.2) is 35.8 Å². The summed E-state index contributed by atoms with van der Waals surface area (Å²) >= 11 is 1.34. The summed E-state index contributed by atoms with van der Waals surface area (Å²) < 4.78 is 9.36. The Morgan fingerprint density at radius 3 is 3.12 bits per heavy atom. The Kier molecular flexibility index (Phi) is 3.50. The molecule has 0 aromatic carbocycles. The fourth-order valence-corrected chi connectivity index (χ4v) is 3.00. The Morgan fingerprint density at radius 1 is 1.62 bits per heavy atom. The fraction of sp³-hybridized carbons (Fsp3) is 0.700. The van der Waals surface area contributed by atoms with Crippen LogP contribution >= 0.6 is 11.5 Å². The third-order valence-corrected chi connectivity index (χ3v) is 3.84. The molecule has 1 aromatic heterocycles. The van der Waals surface area contributed by atoms with Crippen molar-refractivity contribution in [3.8, 4) is 5.75 Å². The molecule has 1 fully saturated rings. The smallest absolute Gasteiger partial charge is 0.197 e. The maximum absolute atomic E-state index is 9.36. The summed E-state index contributed by atoms with van der Waals surface area (Å²) in [5.41, 5.74) is 5.73. The van der Waals surface area contributed by atoms with E-state index in [0.717, 1.165) is 24.4 Å². The molecule has 1 aliphatic rings. The standard InChI is InChI=1S/C10H17N3O2S/c1-15-8-9(11)12-16-10(8)13-5-3-2-4-7(13)6-14/h7,14H,2-6H2,1H3,(H2,11,12). The first-order valence-electron chi connectivity index (χ1n) is 5.44. The van der Waals surface area contributed by atoms with Gasteiger partial charge >= 0.3 is 0 Å². The highest BCUT2D eigenvalue weighted by Crippen LogP contribution is 2.40. The molecule has 1 atom stereocenters. The molecule has 0 amide bonds. The average molecular weight is 243 g/mol. The molecule has 0 saturated carbocycles. The SMILES string of the molecule is COc1c(N)nsc1N1CCCCC1CO. The van der Waals surface area contributed by atoms with Crippen LogP contribution in [0.15, 0.2) is 0 Å². The van der Waals surface area contributed by atoms with Crippen molar-refractivity contribution in [1.29, 1.82) is 0 Å². The molecule has 6 heteroatoms. The highest BCUT2D eigenvalue weighted by atomic mass is 32.1. The minimum Gasteiger partial charge on any atom is -0.490 e. The summed E-state index contributed by atoms with van der Waals surface area (Å²) in [5.74, 6) is 1.08. The van der Waals surface area contributed by atoms with Gasteiger partial charge in [0, 0.05) is 6.54 Å². The predicted octanol–water partition coefficient (Wildman–Crippen LogP) is 1.09. The minimum atomic E-state index is 0.168. The topological polar surface area (TPSA) is 71.6 Å². The number of piperidine rings is 1. The van der Waals surface area contributed by atoms with E-state index in [2.05, 4.69) is 9.27 Å². The highest BCUT2D eigenvalue weighted by molar-refractivity contribution is 7.11. The van der Waals surface area contributed by atoms with Crippen molar-refractivity contribution in [2.24, 2.45) is 0 Å². The van der Waals surface area contributed by atoms with Crippen molar-refractivity contribution in [3.05, 3.63) is 0 Å². The lowest BCUT2D eigenvalue weighted by atomic mass is 10.0. The van der Waals surface area contributed by atoms with Crippen molar-refractivity contribution < 1.29 is 9.84 Å². The van der Waals surface area contributed by atoms with Gasteiger partial charge in [0.2, 0.25) is 0 Å². The van der Waals surface area contributed by atoms with Crippen LogP contribution in [0.4, 0.5) is 10.8 Å². The third kappa shape index (κ3) is 1.94. The Hall–Kier alpha value is -1.01. The number of aliphatic hydroxyl groups is 1. The first-order chi connectivity index (χ1) is 7.77. The van der Waals surface area contributed by atoms with Gasteiger partial charge < -0.3 is 20.5 Å². The summed E-state index contributed by atoms with van der Waals surface area (Å²) in [7, 11) is 1.60. The number of aliphatic hydroxyl groups excluding tert-OH is 1. The number of methoxy groups -OCH3 is 1. The Balaban J connectivity index is 2.26. The summed E-state index contributed by atoms with van der Waals surface area (Å²) in [6, 6.07) is 0.169. The first-order valence-corrected chi connectivity index (χ1v) is 6.22. The molecular weight excluding hydrogens is 226 g/mol. The zero-order valence-electron chi connectivity index (χ0n) is 9.35. The van der Waals surface area contributed by atoms with Crippen LogP contribution in [0.2, 0.25) is 0 Å². The minimum absolute atomic E-state index is 0.168. The average Bonchev–Trinajstić information content (AvgIpc) is 2.70. The number of hydrogen-bond acceptors (Lipinski definition) is 6. The summed E-state index contributed by atoms with van der Waals surface area (Å²) in [6.45, 7) is 1.10. The summed E-state index contributed by atoms with van der Waals surface area (Å²) in [4.78, 5) is 2.16. The van der Waals surface area contributed by atoms with Crippen LogP contribution in [0, 0.1) is 0 Å². The predicted molar refractivity (Wildman–Crippen MR) is 65.1 cm³/mol. The van der Waals surface area contributed by atoms with Crippen molar-refractivity contribution >= 4 is 22.4 Å². The molecule has 1 unspecified atom stereocenters. The van der Waals surface area contributed by atoms with E-state index in [4.69, 9.17) is 10.5 Å². The Morgan fingerprint density at radius 2 is 2.44 bits per heavy atom. The van der Waals surface area contributed by atoms with Gasteiger partial charge in [-0.3, -0.25) is 0 Å². The number of ether oxygens (including phenoxy) is 1. The number of nitrogens with two attached hydrogens (primary N) is 1. The van der Waals surface area contributed by atoms with E-state index in [1.165, 1.54) is 18.0 Å². The molecule has 5 nitrogen and oxygen atoms in total. The number of hydrogen-bond donors (Lipinski definition) is 2. The monoisotopic (exact) mass is 243 g/mol. The van der Waals surface area contributed by atoms with E-state index < -0.39 is 0 Å². The van der Waals surface area contributed by atoms with Gasteiger partial charge in [0.05, 0.1) is 19.8 Å². The van der Waals surface area contributed by atoms with E-state index in [1.807, 2.05) is 0 Å². The molecule has 16 heavy (non-hydrogen) atoms. The van der Waals surface area contributed by atoms with E-state index >= 15 is 0 Å². The van der Waals surface area contributed by atoms with E-state index in [-0.39, 0.29) is 12.6 Å². The summed E-state index contributed by atoms with van der Waals surface area (Å²) in [5, 5.41) is 10.3. The number of aromatic nitrogens is 1. The van der Waals surface area contributed by atoms with Gasteiger partial charge in [-0.1, -0.05) is 0 Å². The molecule has 1 saturated heterocycles. The lowest BCUT2D eigenvalue weighted by molar-refractivity contribution is 0.240. The second-order valence-electron chi connectivity index (χ2n) is 3.93. The number of nitrogen functional groups attached to an aromatic ring is 1. The normalized spacial score (nSPS) is 21.1. The van der Waals surface area contributed by atoms with Crippen LogP contribution in [0.25, 0.3) is 0 Å². The maximum atomic E-state index is 9.36. The van der Waals surface area contributed by atoms with Crippen molar-refractivity contribution in [3.63, 3.8) is 0 Å². The largest absolute Gasteiger partial charge is 0.490 e. The van der Waals surface area contributed by atoms with E-state index in [9.17, 15) is 5.11 Å². The van der Waals surface area contributed by atoms with Crippen molar-refractivity contribution in [2.75, 3.05) is 30.9 Å². The maximum Gasteiger partial charge on any atom is 0.197 e. The van der Waals surface area contributed by atoms with Crippen LogP contribution in [0.3, 0.4) is 0 Å². The molecule has 0 bridgehead atoms. The van der Waals surface area contributed by atoms with Crippen LogP contribution in [0.1, 0.15) is 19.3 Å². The van der Waals surface area contributed by atoms with Gasteiger partial charge in [-0.15, -0.1) is 0 Å². The number of rotatable bonds is 3. The molecule has 1 aromatic rings. The van der Waals surface area contributed by atoms with Gasteiger partial charge in [-0.2, -0.15) is 4.37 Å². The molecule has 1 aliphatic heterocycles. The third-order valence-electron chi connectivity index (χ3n) is 2.96. The Bertz CT molecular complexity index is 356. The molecule has 0 aliphatic carbocycles. The number of anilines is 2. The van der Waals surface area contributed by atoms with Gasteiger partial charge in [0.1, 0.15) is 0 Å². The zero-order valence-corrected chi connectivity index (χ0v) is 10.2. The molecule has 0 spiro atoms. The van der Waals surface area contributed by atoms with Crippen LogP contribution in [-0.2, 0) is 0 Å².